The Bertz CT molecular complexity index is 918. The molecule has 6 nitrogen and oxygen atoms in total. The minimum Gasteiger partial charge on any atom is -0.455 e. The molecule has 1 unspecified atom stereocenters. The number of carbonyl (C=O) groups excluding carboxylic acids is 1. The summed E-state index contributed by atoms with van der Waals surface area (Å²) < 4.78 is 11.1. The summed E-state index contributed by atoms with van der Waals surface area (Å²) in [4.78, 5) is 12.6. The van der Waals surface area contributed by atoms with Crippen molar-refractivity contribution in [1.29, 1.82) is 0 Å². The minimum atomic E-state index is -0.0206. The van der Waals surface area contributed by atoms with Crippen molar-refractivity contribution in [3.8, 4) is 5.75 Å². The smallest absolute Gasteiger partial charge is 0.230 e. The summed E-state index contributed by atoms with van der Waals surface area (Å²) in [6.45, 7) is 2.26. The third-order valence-corrected chi connectivity index (χ3v) is 7.65. The van der Waals surface area contributed by atoms with Gasteiger partial charge in [-0.05, 0) is 68.5 Å². The number of ether oxygens (including phenoxy) is 1. The van der Waals surface area contributed by atoms with E-state index >= 15 is 0 Å². The van der Waals surface area contributed by atoms with Crippen LogP contribution < -0.4 is 15.4 Å². The van der Waals surface area contributed by atoms with Gasteiger partial charge in [-0.2, -0.15) is 0 Å². The van der Waals surface area contributed by atoms with Crippen LogP contribution in [0.5, 0.6) is 5.75 Å². The molecule has 1 aromatic heterocycles. The molecule has 0 bridgehead atoms. The van der Waals surface area contributed by atoms with Crippen LogP contribution in [0, 0.1) is 5.41 Å². The molecule has 6 rings (SSSR count). The van der Waals surface area contributed by atoms with Crippen LogP contribution in [0.3, 0.4) is 0 Å². The maximum atomic E-state index is 10.2. The second-order valence-corrected chi connectivity index (χ2v) is 10.4. The molecule has 1 saturated heterocycles. The predicted octanol–water partition coefficient (Wildman–Crippen LogP) is 4.46. The van der Waals surface area contributed by atoms with Crippen molar-refractivity contribution in [2.24, 2.45) is 5.41 Å². The predicted molar refractivity (Wildman–Crippen MR) is 119 cm³/mol. The molecule has 2 saturated carbocycles. The van der Waals surface area contributed by atoms with Gasteiger partial charge in [0.1, 0.15) is 5.75 Å². The van der Waals surface area contributed by atoms with E-state index in [1.807, 2.05) is 24.3 Å². The van der Waals surface area contributed by atoms with Crippen molar-refractivity contribution in [3.63, 3.8) is 0 Å². The van der Waals surface area contributed by atoms with Crippen molar-refractivity contribution in [2.45, 2.75) is 48.4 Å². The van der Waals surface area contributed by atoms with Crippen molar-refractivity contribution >= 4 is 35.3 Å². The Hall–Kier alpha value is -1.67. The number of nitrogens with one attached hydrogen (secondary N) is 2. The Balaban J connectivity index is 0.000000149. The number of nitrogens with zero attached hydrogens (tertiary/aromatic N) is 1. The van der Waals surface area contributed by atoms with Gasteiger partial charge >= 0.3 is 0 Å². The highest BCUT2D eigenvalue weighted by molar-refractivity contribution is 8.00. The molecular weight excluding hydrogens is 422 g/mol. The van der Waals surface area contributed by atoms with Crippen LogP contribution in [0.15, 0.2) is 39.8 Å². The summed E-state index contributed by atoms with van der Waals surface area (Å²) in [5.74, 6) is 1.32. The molecule has 2 N–H and O–H groups in total. The second kappa shape index (κ2) is 8.11. The number of likely N-dealkylation sites (tertiary alicyclic amines) is 1. The summed E-state index contributed by atoms with van der Waals surface area (Å²) in [5.41, 5.74) is 1.55. The van der Waals surface area contributed by atoms with Gasteiger partial charge in [-0.25, -0.2) is 4.90 Å². The highest BCUT2D eigenvalue weighted by atomic mass is 35.5. The first kappa shape index (κ1) is 20.2. The van der Waals surface area contributed by atoms with Gasteiger partial charge in [0.25, 0.3) is 0 Å². The van der Waals surface area contributed by atoms with E-state index in [1.165, 1.54) is 25.7 Å². The van der Waals surface area contributed by atoms with Crippen LogP contribution in [-0.2, 0) is 0 Å². The third kappa shape index (κ3) is 4.21. The van der Waals surface area contributed by atoms with Crippen molar-refractivity contribution in [2.75, 3.05) is 25.5 Å². The SMILES string of the molecule is CNC1CC2(C1)CN(C1Nc3cc(Cl)ccc3O1)C2.O=Cc1ccc(SC2CC2)o1. The fraction of sp³-hybridized carbons (Fsp3) is 0.500. The molecule has 3 fully saturated rings. The van der Waals surface area contributed by atoms with Crippen LogP contribution in [0.4, 0.5) is 5.69 Å². The lowest BCUT2D eigenvalue weighted by molar-refractivity contribution is -0.129. The average Bonchev–Trinajstić information content (AvgIpc) is 3.21. The molecule has 8 heteroatoms. The maximum absolute atomic E-state index is 10.2. The number of fused-ring (bicyclic) bond motifs is 1. The molecule has 1 atom stereocenters. The number of thioether (sulfide) groups is 1. The number of anilines is 1. The Labute approximate surface area is 185 Å². The van der Waals surface area contributed by atoms with E-state index < -0.39 is 0 Å². The fourth-order valence-corrected chi connectivity index (χ4v) is 5.57. The topological polar surface area (TPSA) is 66.7 Å². The summed E-state index contributed by atoms with van der Waals surface area (Å²) in [6, 6.07) is 10.00. The summed E-state index contributed by atoms with van der Waals surface area (Å²) in [7, 11) is 2.05. The number of halogens is 1. The molecule has 30 heavy (non-hydrogen) atoms. The monoisotopic (exact) mass is 447 g/mol. The first-order chi connectivity index (χ1) is 14.6. The Morgan fingerprint density at radius 1 is 1.27 bits per heavy atom. The lowest BCUT2D eigenvalue weighted by atomic mass is 9.61. The van der Waals surface area contributed by atoms with Crippen LogP contribution >= 0.6 is 23.4 Å². The number of rotatable bonds is 5. The van der Waals surface area contributed by atoms with Crippen LogP contribution in [0.1, 0.15) is 36.2 Å². The van der Waals surface area contributed by atoms with Crippen molar-refractivity contribution < 1.29 is 13.9 Å². The molecule has 0 amide bonds. The third-order valence-electron chi connectivity index (χ3n) is 6.16. The normalized spacial score (nSPS) is 24.0. The average molecular weight is 448 g/mol. The van der Waals surface area contributed by atoms with E-state index in [1.54, 1.807) is 17.8 Å². The van der Waals surface area contributed by atoms with Crippen LogP contribution in [0.25, 0.3) is 0 Å². The summed E-state index contributed by atoms with van der Waals surface area (Å²) >= 11 is 7.71. The number of furan rings is 1. The van der Waals surface area contributed by atoms with Crippen molar-refractivity contribution in [1.82, 2.24) is 10.2 Å². The first-order valence-electron chi connectivity index (χ1n) is 10.4. The molecular formula is C22H26ClN3O3S. The number of aldehydes is 1. The largest absolute Gasteiger partial charge is 0.455 e. The number of benzene rings is 1. The molecule has 4 aliphatic rings. The van der Waals surface area contributed by atoms with Gasteiger partial charge in [-0.1, -0.05) is 23.4 Å². The van der Waals surface area contributed by atoms with E-state index in [0.29, 0.717) is 11.2 Å². The highest BCUT2D eigenvalue weighted by Gasteiger charge is 2.54. The maximum Gasteiger partial charge on any atom is 0.230 e. The zero-order valence-electron chi connectivity index (χ0n) is 16.9. The van der Waals surface area contributed by atoms with Gasteiger partial charge in [0.05, 0.1) is 5.69 Å². The van der Waals surface area contributed by atoms with Gasteiger partial charge in [-0.15, -0.1) is 0 Å². The standard InChI is InChI=1S/C14H18ClN3O.C8H8O2S/c1-16-10-5-14(6-10)7-18(8-14)13-17-11-4-9(15)2-3-12(11)19-13;9-5-6-1-4-8(10-6)11-7-2-3-7/h2-4,10,13,16-17H,5-8H2,1H3;1,4-5,7H,2-3H2. The minimum absolute atomic E-state index is 0.0206. The Morgan fingerprint density at radius 3 is 2.73 bits per heavy atom. The lowest BCUT2D eigenvalue weighted by Gasteiger charge is -2.59. The summed E-state index contributed by atoms with van der Waals surface area (Å²) in [5, 5.41) is 9.09. The number of hydrogen-bond donors (Lipinski definition) is 2. The van der Waals surface area contributed by atoms with E-state index in [0.717, 1.165) is 52.2 Å². The van der Waals surface area contributed by atoms with Gasteiger partial charge in [0.15, 0.2) is 17.1 Å². The lowest BCUT2D eigenvalue weighted by Crippen LogP contribution is -2.69. The second-order valence-electron chi connectivity index (χ2n) is 8.65. The number of hydrogen-bond acceptors (Lipinski definition) is 7. The zero-order valence-corrected chi connectivity index (χ0v) is 18.5. The van der Waals surface area contributed by atoms with E-state index in [9.17, 15) is 4.79 Å². The van der Waals surface area contributed by atoms with E-state index in [4.69, 9.17) is 20.8 Å². The van der Waals surface area contributed by atoms with Gasteiger partial charge in [0, 0.05) is 29.4 Å². The number of carbonyl (C=O) groups is 1. The molecule has 2 aromatic rings. The van der Waals surface area contributed by atoms with Gasteiger partial charge in [-0.3, -0.25) is 4.79 Å². The molecule has 1 spiro atoms. The van der Waals surface area contributed by atoms with Crippen molar-refractivity contribution in [3.05, 3.63) is 41.1 Å². The quantitative estimate of drug-likeness (QED) is 0.656. The van der Waals surface area contributed by atoms with Gasteiger partial charge in [0.2, 0.25) is 6.35 Å². The van der Waals surface area contributed by atoms with Gasteiger partial charge < -0.3 is 19.8 Å². The molecule has 2 aliphatic carbocycles. The Kier molecular flexibility index (Phi) is 5.47. The Morgan fingerprint density at radius 2 is 2.07 bits per heavy atom. The van der Waals surface area contributed by atoms with E-state index in [-0.39, 0.29) is 6.35 Å². The van der Waals surface area contributed by atoms with E-state index in [2.05, 4.69) is 22.6 Å². The molecule has 1 aromatic carbocycles. The molecule has 3 heterocycles. The molecule has 2 aliphatic heterocycles. The fourth-order valence-electron chi connectivity index (χ4n) is 4.41. The first-order valence-corrected chi connectivity index (χ1v) is 11.7. The molecule has 0 radical (unpaired) electrons. The van der Waals surface area contributed by atoms with Crippen LogP contribution in [-0.4, -0.2) is 49.0 Å². The highest BCUT2D eigenvalue weighted by Crippen LogP contribution is 2.50. The summed E-state index contributed by atoms with van der Waals surface area (Å²) in [6.07, 6.45) is 5.87. The molecule has 160 valence electrons. The van der Waals surface area contributed by atoms with Crippen LogP contribution in [0.2, 0.25) is 5.02 Å². The zero-order chi connectivity index (χ0) is 20.7.